The molecule has 0 spiro atoms. The van der Waals surface area contributed by atoms with Crippen molar-refractivity contribution in [1.82, 2.24) is 5.32 Å². The highest BCUT2D eigenvalue weighted by Crippen LogP contribution is 2.34. The Hall–Kier alpha value is -2.04. The molecule has 2 amide bonds. The lowest BCUT2D eigenvalue weighted by molar-refractivity contribution is -0.134. The smallest absolute Gasteiger partial charge is 0.234 e. The van der Waals surface area contributed by atoms with Crippen molar-refractivity contribution in [2.45, 2.75) is 18.8 Å². The second kappa shape index (κ2) is 5.08. The summed E-state index contributed by atoms with van der Waals surface area (Å²) in [4.78, 5) is 22.9. The maximum absolute atomic E-state index is 11.8. The van der Waals surface area contributed by atoms with Crippen LogP contribution in [0.4, 0.5) is 0 Å². The summed E-state index contributed by atoms with van der Waals surface area (Å²) in [7, 11) is 3.12. The minimum absolute atomic E-state index is 0.219. The topological polar surface area (TPSA) is 64.6 Å². The Morgan fingerprint density at radius 2 is 2.00 bits per heavy atom. The zero-order chi connectivity index (χ0) is 13.1. The van der Waals surface area contributed by atoms with Gasteiger partial charge in [0.05, 0.1) is 20.1 Å². The second-order valence-corrected chi connectivity index (χ2v) is 4.11. The first-order valence-electron chi connectivity index (χ1n) is 5.71. The van der Waals surface area contributed by atoms with E-state index in [0.29, 0.717) is 24.3 Å². The Morgan fingerprint density at radius 3 is 2.61 bits per heavy atom. The Kier molecular flexibility index (Phi) is 3.50. The summed E-state index contributed by atoms with van der Waals surface area (Å²) in [6.45, 7) is 0. The number of carbonyl (C=O) groups excluding carboxylic acids is 2. The molecule has 0 bridgehead atoms. The molecular weight excluding hydrogens is 234 g/mol. The molecule has 1 aliphatic heterocycles. The number of piperidine rings is 1. The molecule has 1 atom stereocenters. The number of nitrogens with one attached hydrogen (secondary N) is 1. The Labute approximate surface area is 105 Å². The van der Waals surface area contributed by atoms with Crippen LogP contribution in [-0.2, 0) is 9.59 Å². The molecule has 18 heavy (non-hydrogen) atoms. The number of hydrogen-bond acceptors (Lipinski definition) is 4. The van der Waals surface area contributed by atoms with E-state index in [4.69, 9.17) is 9.47 Å². The fourth-order valence-corrected chi connectivity index (χ4v) is 2.10. The van der Waals surface area contributed by atoms with E-state index in [9.17, 15) is 9.59 Å². The average molecular weight is 249 g/mol. The predicted octanol–water partition coefficient (Wildman–Crippen LogP) is 1.22. The number of benzene rings is 1. The molecule has 1 fully saturated rings. The highest BCUT2D eigenvalue weighted by Gasteiger charge is 2.30. The number of carbonyl (C=O) groups is 2. The molecule has 1 unspecified atom stereocenters. The number of ether oxygens (including phenoxy) is 2. The van der Waals surface area contributed by atoms with Crippen LogP contribution >= 0.6 is 0 Å². The maximum Gasteiger partial charge on any atom is 0.234 e. The number of imide groups is 1. The molecule has 1 aromatic rings. The standard InChI is InChI=1S/C13H15NO4/c1-17-8-3-4-9(11(7-8)18-2)10-5-6-12(15)14-13(10)16/h3-4,7,10H,5-6H2,1-2H3,(H,14,15,16). The van der Waals surface area contributed by atoms with E-state index in [1.165, 1.54) is 0 Å². The molecule has 2 rings (SSSR count). The van der Waals surface area contributed by atoms with Crippen LogP contribution in [0.2, 0.25) is 0 Å². The van der Waals surface area contributed by atoms with Crippen LogP contribution in [-0.4, -0.2) is 26.0 Å². The largest absolute Gasteiger partial charge is 0.497 e. The van der Waals surface area contributed by atoms with Crippen LogP contribution in [0.1, 0.15) is 24.3 Å². The summed E-state index contributed by atoms with van der Waals surface area (Å²) >= 11 is 0. The van der Waals surface area contributed by atoms with Crippen molar-refractivity contribution in [3.8, 4) is 11.5 Å². The lowest BCUT2D eigenvalue weighted by Crippen LogP contribution is -2.39. The van der Waals surface area contributed by atoms with Crippen molar-refractivity contribution in [1.29, 1.82) is 0 Å². The van der Waals surface area contributed by atoms with Gasteiger partial charge in [-0.3, -0.25) is 14.9 Å². The summed E-state index contributed by atoms with van der Waals surface area (Å²) in [5, 5.41) is 2.34. The van der Waals surface area contributed by atoms with Crippen molar-refractivity contribution in [2.75, 3.05) is 14.2 Å². The SMILES string of the molecule is COc1ccc(C2CCC(=O)NC2=O)c(OC)c1. The second-order valence-electron chi connectivity index (χ2n) is 4.11. The van der Waals surface area contributed by atoms with Gasteiger partial charge in [0.15, 0.2) is 0 Å². The van der Waals surface area contributed by atoms with Crippen LogP contribution in [0, 0.1) is 0 Å². The summed E-state index contributed by atoms with van der Waals surface area (Å²) in [6.07, 6.45) is 0.860. The van der Waals surface area contributed by atoms with Gasteiger partial charge in [0.2, 0.25) is 11.8 Å². The van der Waals surface area contributed by atoms with Crippen molar-refractivity contribution >= 4 is 11.8 Å². The van der Waals surface area contributed by atoms with Crippen molar-refractivity contribution in [2.24, 2.45) is 0 Å². The monoisotopic (exact) mass is 249 g/mol. The van der Waals surface area contributed by atoms with Crippen molar-refractivity contribution in [3.05, 3.63) is 23.8 Å². The zero-order valence-corrected chi connectivity index (χ0v) is 10.4. The van der Waals surface area contributed by atoms with Gasteiger partial charge in [0, 0.05) is 18.1 Å². The van der Waals surface area contributed by atoms with E-state index in [1.807, 2.05) is 0 Å². The third-order valence-electron chi connectivity index (χ3n) is 3.06. The van der Waals surface area contributed by atoms with E-state index in [-0.39, 0.29) is 17.7 Å². The van der Waals surface area contributed by atoms with Crippen LogP contribution in [0.3, 0.4) is 0 Å². The van der Waals surface area contributed by atoms with E-state index >= 15 is 0 Å². The molecule has 1 N–H and O–H groups in total. The minimum atomic E-state index is -0.344. The van der Waals surface area contributed by atoms with Crippen molar-refractivity contribution in [3.63, 3.8) is 0 Å². The minimum Gasteiger partial charge on any atom is -0.497 e. The molecule has 1 aromatic carbocycles. The Morgan fingerprint density at radius 1 is 1.22 bits per heavy atom. The molecule has 1 aliphatic rings. The summed E-state index contributed by atoms with van der Waals surface area (Å²) < 4.78 is 10.4. The fourth-order valence-electron chi connectivity index (χ4n) is 2.10. The fraction of sp³-hybridized carbons (Fsp3) is 0.385. The Balaban J connectivity index is 2.32. The molecule has 0 aliphatic carbocycles. The zero-order valence-electron chi connectivity index (χ0n) is 10.4. The molecule has 1 saturated heterocycles. The van der Waals surface area contributed by atoms with Crippen molar-refractivity contribution < 1.29 is 19.1 Å². The normalized spacial score (nSPS) is 19.3. The van der Waals surface area contributed by atoms with Gasteiger partial charge in [-0.25, -0.2) is 0 Å². The third kappa shape index (κ3) is 2.30. The highest BCUT2D eigenvalue weighted by molar-refractivity contribution is 6.01. The lowest BCUT2D eigenvalue weighted by atomic mass is 9.90. The highest BCUT2D eigenvalue weighted by atomic mass is 16.5. The van der Waals surface area contributed by atoms with Gasteiger partial charge in [-0.15, -0.1) is 0 Å². The quantitative estimate of drug-likeness (QED) is 0.818. The Bertz CT molecular complexity index is 484. The van der Waals surface area contributed by atoms with Crippen LogP contribution in [0.5, 0.6) is 11.5 Å². The van der Waals surface area contributed by atoms with Gasteiger partial charge < -0.3 is 9.47 Å². The first kappa shape index (κ1) is 12.4. The molecular formula is C13H15NO4. The molecule has 0 saturated carbocycles. The van der Waals surface area contributed by atoms with E-state index < -0.39 is 0 Å². The van der Waals surface area contributed by atoms with Crippen LogP contribution < -0.4 is 14.8 Å². The first-order chi connectivity index (χ1) is 8.65. The van der Waals surface area contributed by atoms with Gasteiger partial charge >= 0.3 is 0 Å². The summed E-state index contributed by atoms with van der Waals surface area (Å²) in [6, 6.07) is 5.32. The number of rotatable bonds is 3. The average Bonchev–Trinajstić information content (AvgIpc) is 2.38. The van der Waals surface area contributed by atoms with Crippen LogP contribution in [0.15, 0.2) is 18.2 Å². The summed E-state index contributed by atoms with van der Waals surface area (Å²) in [5.41, 5.74) is 0.781. The third-order valence-corrected chi connectivity index (χ3v) is 3.06. The van der Waals surface area contributed by atoms with E-state index in [0.717, 1.165) is 5.56 Å². The van der Waals surface area contributed by atoms with Crippen LogP contribution in [0.25, 0.3) is 0 Å². The van der Waals surface area contributed by atoms with Gasteiger partial charge in [0.25, 0.3) is 0 Å². The summed E-state index contributed by atoms with van der Waals surface area (Å²) in [5.74, 6) is 0.439. The molecule has 1 heterocycles. The van der Waals surface area contributed by atoms with Gasteiger partial charge in [0.1, 0.15) is 11.5 Å². The molecule has 5 heteroatoms. The van der Waals surface area contributed by atoms with Gasteiger partial charge in [-0.05, 0) is 12.5 Å². The molecule has 96 valence electrons. The number of methoxy groups -OCH3 is 2. The molecule has 5 nitrogen and oxygen atoms in total. The number of hydrogen-bond donors (Lipinski definition) is 1. The predicted molar refractivity (Wildman–Crippen MR) is 64.7 cm³/mol. The number of amides is 2. The van der Waals surface area contributed by atoms with Gasteiger partial charge in [-0.1, -0.05) is 6.07 Å². The van der Waals surface area contributed by atoms with E-state index in [1.54, 1.807) is 32.4 Å². The molecule has 0 radical (unpaired) electrons. The van der Waals surface area contributed by atoms with Gasteiger partial charge in [-0.2, -0.15) is 0 Å². The molecule has 0 aromatic heterocycles. The first-order valence-corrected chi connectivity index (χ1v) is 5.71. The van der Waals surface area contributed by atoms with E-state index in [2.05, 4.69) is 5.32 Å². The maximum atomic E-state index is 11.8. The lowest BCUT2D eigenvalue weighted by Gasteiger charge is -2.23.